The van der Waals surface area contributed by atoms with Crippen LogP contribution in [0.2, 0.25) is 5.22 Å². The number of nitrogens with one attached hydrogen (secondary N) is 1. The van der Waals surface area contributed by atoms with Crippen LogP contribution in [0.4, 0.5) is 0 Å². The fraction of sp³-hybridized carbons (Fsp3) is 0.556. The summed E-state index contributed by atoms with van der Waals surface area (Å²) >= 11 is 5.62. The van der Waals surface area contributed by atoms with Crippen molar-refractivity contribution < 1.29 is 4.42 Å². The fourth-order valence-electron chi connectivity index (χ4n) is 0.961. The van der Waals surface area contributed by atoms with E-state index in [4.69, 9.17) is 16.0 Å². The van der Waals surface area contributed by atoms with Crippen LogP contribution in [-0.2, 0) is 6.54 Å². The second-order valence-corrected chi connectivity index (χ2v) is 3.56. The van der Waals surface area contributed by atoms with Crippen LogP contribution >= 0.6 is 11.6 Å². The van der Waals surface area contributed by atoms with Gasteiger partial charge in [-0.2, -0.15) is 0 Å². The van der Waals surface area contributed by atoms with Crippen LogP contribution in [0, 0.1) is 0 Å². The second-order valence-electron chi connectivity index (χ2n) is 3.19. The number of halogens is 1. The smallest absolute Gasteiger partial charge is 0.193 e. The second kappa shape index (κ2) is 5.27. The largest absolute Gasteiger partial charge is 0.448 e. The van der Waals surface area contributed by atoms with E-state index in [-0.39, 0.29) is 0 Å². The molecule has 0 aromatic carbocycles. The van der Waals surface area contributed by atoms with Crippen molar-refractivity contribution in [2.24, 2.45) is 0 Å². The molecule has 0 saturated heterocycles. The Hall–Kier alpha value is -0.510. The van der Waals surface area contributed by atoms with E-state index < -0.39 is 0 Å². The molecule has 13 heavy (non-hydrogen) atoms. The highest BCUT2D eigenvalue weighted by atomic mass is 35.5. The Morgan fingerprint density at radius 1 is 1.46 bits per heavy atom. The highest BCUT2D eigenvalue weighted by Gasteiger charge is 1.98. The molecule has 0 atom stereocenters. The first-order chi connectivity index (χ1) is 6.18. The SMILES string of the molecule is CN(C)CCNCc1ccc(Cl)o1. The van der Waals surface area contributed by atoms with Gasteiger partial charge in [-0.3, -0.25) is 0 Å². The molecule has 0 fully saturated rings. The molecule has 0 aliphatic rings. The number of hydrogen-bond donors (Lipinski definition) is 1. The molecule has 1 rings (SSSR count). The van der Waals surface area contributed by atoms with Gasteiger partial charge in [0.15, 0.2) is 5.22 Å². The Balaban J connectivity index is 2.13. The van der Waals surface area contributed by atoms with Crippen molar-refractivity contribution in [3.05, 3.63) is 23.1 Å². The third-order valence-electron chi connectivity index (χ3n) is 1.66. The van der Waals surface area contributed by atoms with Gasteiger partial charge >= 0.3 is 0 Å². The van der Waals surface area contributed by atoms with Gasteiger partial charge in [0.1, 0.15) is 5.76 Å². The van der Waals surface area contributed by atoms with Crippen LogP contribution in [0.25, 0.3) is 0 Å². The zero-order valence-electron chi connectivity index (χ0n) is 8.01. The molecule has 1 aromatic heterocycles. The van der Waals surface area contributed by atoms with Crippen molar-refractivity contribution >= 4 is 11.6 Å². The lowest BCUT2D eigenvalue weighted by Gasteiger charge is -2.09. The molecule has 1 heterocycles. The van der Waals surface area contributed by atoms with Gasteiger partial charge in [-0.25, -0.2) is 0 Å². The molecule has 0 aliphatic carbocycles. The Labute approximate surface area is 83.7 Å². The molecule has 1 N–H and O–H groups in total. The molecule has 0 unspecified atom stereocenters. The number of furan rings is 1. The summed E-state index contributed by atoms with van der Waals surface area (Å²) in [7, 11) is 4.09. The van der Waals surface area contributed by atoms with Crippen molar-refractivity contribution in [2.45, 2.75) is 6.54 Å². The molecule has 0 bridgehead atoms. The number of likely N-dealkylation sites (N-methyl/N-ethyl adjacent to an activating group) is 1. The maximum atomic E-state index is 5.62. The number of hydrogen-bond acceptors (Lipinski definition) is 3. The van der Waals surface area contributed by atoms with Crippen LogP contribution in [0.1, 0.15) is 5.76 Å². The Morgan fingerprint density at radius 2 is 2.23 bits per heavy atom. The number of nitrogens with zero attached hydrogens (tertiary/aromatic N) is 1. The molecule has 4 heteroatoms. The van der Waals surface area contributed by atoms with Gasteiger partial charge in [-0.15, -0.1) is 0 Å². The van der Waals surface area contributed by atoms with Gasteiger partial charge < -0.3 is 14.6 Å². The summed E-state index contributed by atoms with van der Waals surface area (Å²) in [5, 5.41) is 3.70. The summed E-state index contributed by atoms with van der Waals surface area (Å²) in [4.78, 5) is 2.13. The van der Waals surface area contributed by atoms with Gasteiger partial charge in [-0.05, 0) is 37.8 Å². The molecular formula is C9H15ClN2O. The summed E-state index contributed by atoms with van der Waals surface area (Å²) in [6, 6.07) is 3.63. The van der Waals surface area contributed by atoms with E-state index in [0.29, 0.717) is 5.22 Å². The van der Waals surface area contributed by atoms with Crippen molar-refractivity contribution in [1.82, 2.24) is 10.2 Å². The Bertz CT molecular complexity index is 248. The zero-order chi connectivity index (χ0) is 9.68. The standard InChI is InChI=1S/C9H15ClN2O/c1-12(2)6-5-11-7-8-3-4-9(10)13-8/h3-4,11H,5-7H2,1-2H3. The van der Waals surface area contributed by atoms with Gasteiger partial charge in [0.2, 0.25) is 0 Å². The van der Waals surface area contributed by atoms with Gasteiger partial charge in [-0.1, -0.05) is 0 Å². The summed E-state index contributed by atoms with van der Waals surface area (Å²) < 4.78 is 5.18. The van der Waals surface area contributed by atoms with Crippen molar-refractivity contribution in [3.63, 3.8) is 0 Å². The lowest BCUT2D eigenvalue weighted by Crippen LogP contribution is -2.25. The van der Waals surface area contributed by atoms with E-state index in [9.17, 15) is 0 Å². The van der Waals surface area contributed by atoms with Crippen LogP contribution in [0.15, 0.2) is 16.5 Å². The molecule has 0 spiro atoms. The first-order valence-corrected chi connectivity index (χ1v) is 4.66. The van der Waals surface area contributed by atoms with Gasteiger partial charge in [0, 0.05) is 13.1 Å². The van der Waals surface area contributed by atoms with E-state index >= 15 is 0 Å². The molecular weight excluding hydrogens is 188 g/mol. The minimum atomic E-state index is 0.449. The third kappa shape index (κ3) is 4.31. The van der Waals surface area contributed by atoms with Crippen LogP contribution in [0.3, 0.4) is 0 Å². The van der Waals surface area contributed by atoms with Crippen LogP contribution in [-0.4, -0.2) is 32.1 Å². The average Bonchev–Trinajstić information content (AvgIpc) is 2.45. The monoisotopic (exact) mass is 202 g/mol. The maximum absolute atomic E-state index is 5.62. The molecule has 0 amide bonds. The Morgan fingerprint density at radius 3 is 2.77 bits per heavy atom. The van der Waals surface area contributed by atoms with E-state index in [2.05, 4.69) is 10.2 Å². The summed E-state index contributed by atoms with van der Waals surface area (Å²) in [5.74, 6) is 0.878. The summed E-state index contributed by atoms with van der Waals surface area (Å²) in [6.07, 6.45) is 0. The highest BCUT2D eigenvalue weighted by molar-refractivity contribution is 6.28. The maximum Gasteiger partial charge on any atom is 0.193 e. The minimum Gasteiger partial charge on any atom is -0.448 e. The molecule has 0 radical (unpaired) electrons. The molecule has 3 nitrogen and oxygen atoms in total. The van der Waals surface area contributed by atoms with Crippen molar-refractivity contribution in [3.8, 4) is 0 Å². The van der Waals surface area contributed by atoms with E-state index in [0.717, 1.165) is 25.4 Å². The van der Waals surface area contributed by atoms with Gasteiger partial charge in [0.25, 0.3) is 0 Å². The molecule has 0 saturated carbocycles. The lowest BCUT2D eigenvalue weighted by molar-refractivity contribution is 0.392. The zero-order valence-corrected chi connectivity index (χ0v) is 8.77. The van der Waals surface area contributed by atoms with Crippen LogP contribution in [0.5, 0.6) is 0 Å². The van der Waals surface area contributed by atoms with E-state index in [1.54, 1.807) is 6.07 Å². The lowest BCUT2D eigenvalue weighted by atomic mass is 10.4. The quantitative estimate of drug-likeness (QED) is 0.736. The molecule has 0 aliphatic heterocycles. The average molecular weight is 203 g/mol. The van der Waals surface area contributed by atoms with E-state index in [1.807, 2.05) is 20.2 Å². The van der Waals surface area contributed by atoms with E-state index in [1.165, 1.54) is 0 Å². The molecule has 74 valence electrons. The first-order valence-electron chi connectivity index (χ1n) is 4.28. The Kier molecular flexibility index (Phi) is 4.28. The summed E-state index contributed by atoms with van der Waals surface area (Å²) in [6.45, 7) is 2.71. The normalized spacial score (nSPS) is 11.1. The van der Waals surface area contributed by atoms with Crippen molar-refractivity contribution in [1.29, 1.82) is 0 Å². The number of rotatable bonds is 5. The van der Waals surface area contributed by atoms with Gasteiger partial charge in [0.05, 0.1) is 6.54 Å². The highest BCUT2D eigenvalue weighted by Crippen LogP contribution is 2.12. The predicted octanol–water partition coefficient (Wildman–Crippen LogP) is 1.58. The predicted molar refractivity (Wildman–Crippen MR) is 54.0 cm³/mol. The minimum absolute atomic E-state index is 0.449. The first kappa shape index (κ1) is 10.6. The topological polar surface area (TPSA) is 28.4 Å². The van der Waals surface area contributed by atoms with Crippen molar-refractivity contribution in [2.75, 3.05) is 27.2 Å². The molecule has 1 aromatic rings. The fourth-order valence-corrected chi connectivity index (χ4v) is 1.12. The third-order valence-corrected chi connectivity index (χ3v) is 1.87. The summed E-state index contributed by atoms with van der Waals surface area (Å²) in [5.41, 5.74) is 0. The van der Waals surface area contributed by atoms with Crippen LogP contribution < -0.4 is 5.32 Å².